The van der Waals surface area contributed by atoms with Gasteiger partial charge in [-0.1, -0.05) is 6.07 Å². The van der Waals surface area contributed by atoms with E-state index in [1.807, 2.05) is 28.8 Å². The van der Waals surface area contributed by atoms with E-state index in [0.717, 1.165) is 24.6 Å². The molecule has 0 spiro atoms. The molecule has 3 rings (SSSR count). The zero-order valence-electron chi connectivity index (χ0n) is 10.8. The molecule has 0 aromatic carbocycles. The van der Waals surface area contributed by atoms with Crippen molar-refractivity contribution in [2.45, 2.75) is 6.04 Å². The molecule has 1 saturated heterocycles. The molecule has 0 aliphatic carbocycles. The van der Waals surface area contributed by atoms with Gasteiger partial charge in [0, 0.05) is 39.1 Å². The smallest absolute Gasteiger partial charge is 0.243 e. The Morgan fingerprint density at radius 1 is 1.53 bits per heavy atom. The van der Waals surface area contributed by atoms with Gasteiger partial charge in [-0.25, -0.2) is 4.98 Å². The summed E-state index contributed by atoms with van der Waals surface area (Å²) in [6.07, 6.45) is 3.70. The Balaban J connectivity index is 2.02. The highest BCUT2D eigenvalue weighted by Gasteiger charge is 2.29. The Bertz CT molecular complexity index is 593. The highest BCUT2D eigenvalue weighted by Crippen LogP contribution is 2.20. The first kappa shape index (κ1) is 12.0. The van der Waals surface area contributed by atoms with E-state index in [1.54, 1.807) is 13.2 Å². The van der Waals surface area contributed by atoms with Crippen molar-refractivity contribution < 1.29 is 4.79 Å². The molecule has 2 aromatic rings. The van der Waals surface area contributed by atoms with Crippen LogP contribution in [-0.4, -0.2) is 48.0 Å². The third-order valence-corrected chi connectivity index (χ3v) is 3.49. The van der Waals surface area contributed by atoms with Crippen LogP contribution in [0.2, 0.25) is 0 Å². The molecule has 100 valence electrons. The number of nitrogens with zero attached hydrogens (tertiary/aromatic N) is 3. The Kier molecular flexibility index (Phi) is 3.08. The van der Waals surface area contributed by atoms with Crippen LogP contribution in [0, 0.1) is 0 Å². The number of amides is 1. The van der Waals surface area contributed by atoms with Crippen molar-refractivity contribution in [2.24, 2.45) is 0 Å². The first-order chi connectivity index (χ1) is 9.31. The second-order valence-electron chi connectivity index (χ2n) is 4.57. The molecule has 3 heterocycles. The maximum absolute atomic E-state index is 12.0. The number of aromatic nitrogens is 2. The fourth-order valence-corrected chi connectivity index (χ4v) is 2.55. The number of carbonyl (C=O) groups excluding carboxylic acids is 1. The quantitative estimate of drug-likeness (QED) is 0.788. The SMILES string of the molecule is CNC(=O)C1CNCCN1c1cccc2nccn12. The maximum Gasteiger partial charge on any atom is 0.243 e. The minimum absolute atomic E-state index is 0.0318. The normalized spacial score (nSPS) is 19.6. The van der Waals surface area contributed by atoms with Crippen LogP contribution >= 0.6 is 0 Å². The number of rotatable bonds is 2. The molecule has 2 aromatic heterocycles. The molecule has 6 nitrogen and oxygen atoms in total. The largest absolute Gasteiger partial charge is 0.357 e. The van der Waals surface area contributed by atoms with Crippen molar-refractivity contribution in [3.8, 4) is 0 Å². The van der Waals surface area contributed by atoms with Gasteiger partial charge in [-0.05, 0) is 12.1 Å². The van der Waals surface area contributed by atoms with E-state index in [2.05, 4.69) is 20.5 Å². The molecular weight excluding hydrogens is 242 g/mol. The number of nitrogens with one attached hydrogen (secondary N) is 2. The number of carbonyl (C=O) groups is 1. The predicted octanol–water partition coefficient (Wildman–Crippen LogP) is -0.141. The second kappa shape index (κ2) is 4.89. The molecule has 2 N–H and O–H groups in total. The van der Waals surface area contributed by atoms with Gasteiger partial charge in [-0.15, -0.1) is 0 Å². The highest BCUT2D eigenvalue weighted by atomic mass is 16.2. The third-order valence-electron chi connectivity index (χ3n) is 3.49. The molecule has 1 fully saturated rings. The van der Waals surface area contributed by atoms with Crippen LogP contribution in [0.4, 0.5) is 5.82 Å². The van der Waals surface area contributed by atoms with Crippen LogP contribution in [-0.2, 0) is 4.79 Å². The summed E-state index contributed by atoms with van der Waals surface area (Å²) in [5.74, 6) is 1.04. The van der Waals surface area contributed by atoms with E-state index in [-0.39, 0.29) is 11.9 Å². The molecule has 1 unspecified atom stereocenters. The van der Waals surface area contributed by atoms with E-state index in [1.165, 1.54) is 0 Å². The molecular formula is C13H17N5O. The number of hydrogen-bond acceptors (Lipinski definition) is 4. The maximum atomic E-state index is 12.0. The van der Waals surface area contributed by atoms with Crippen LogP contribution in [0.5, 0.6) is 0 Å². The summed E-state index contributed by atoms with van der Waals surface area (Å²) in [5.41, 5.74) is 0.895. The second-order valence-corrected chi connectivity index (χ2v) is 4.57. The van der Waals surface area contributed by atoms with Crippen molar-refractivity contribution in [1.29, 1.82) is 0 Å². The van der Waals surface area contributed by atoms with Gasteiger partial charge in [0.25, 0.3) is 0 Å². The summed E-state index contributed by atoms with van der Waals surface area (Å²) in [6.45, 7) is 2.33. The number of piperazine rings is 1. The van der Waals surface area contributed by atoms with Crippen molar-refractivity contribution >= 4 is 17.4 Å². The van der Waals surface area contributed by atoms with Crippen LogP contribution in [0.25, 0.3) is 5.65 Å². The lowest BCUT2D eigenvalue weighted by atomic mass is 10.1. The first-order valence-electron chi connectivity index (χ1n) is 6.42. The molecule has 19 heavy (non-hydrogen) atoms. The van der Waals surface area contributed by atoms with Gasteiger partial charge in [-0.2, -0.15) is 0 Å². The number of hydrogen-bond donors (Lipinski definition) is 2. The standard InChI is InChI=1S/C13H17N5O/c1-14-13(19)10-9-15-5-7-17(10)12-4-2-3-11-16-6-8-18(11)12/h2-4,6,8,10,15H,5,7,9H2,1H3,(H,14,19). The minimum atomic E-state index is -0.188. The van der Waals surface area contributed by atoms with Gasteiger partial charge in [0.05, 0.1) is 0 Å². The average Bonchev–Trinajstić information content (AvgIpc) is 2.94. The van der Waals surface area contributed by atoms with Gasteiger partial charge in [-0.3, -0.25) is 9.20 Å². The van der Waals surface area contributed by atoms with Crippen LogP contribution in [0.15, 0.2) is 30.6 Å². The summed E-state index contributed by atoms with van der Waals surface area (Å²) in [5, 5.41) is 6.00. The topological polar surface area (TPSA) is 61.7 Å². The van der Waals surface area contributed by atoms with Crippen LogP contribution in [0.3, 0.4) is 0 Å². The zero-order valence-corrected chi connectivity index (χ0v) is 10.8. The highest BCUT2D eigenvalue weighted by molar-refractivity contribution is 5.85. The molecule has 1 aliphatic heterocycles. The lowest BCUT2D eigenvalue weighted by Gasteiger charge is -2.36. The molecule has 0 saturated carbocycles. The number of pyridine rings is 1. The Morgan fingerprint density at radius 2 is 2.42 bits per heavy atom. The Hall–Kier alpha value is -2.08. The zero-order chi connectivity index (χ0) is 13.2. The van der Waals surface area contributed by atoms with E-state index >= 15 is 0 Å². The monoisotopic (exact) mass is 259 g/mol. The summed E-state index contributed by atoms with van der Waals surface area (Å²) < 4.78 is 2.02. The Labute approximate surface area is 111 Å². The third kappa shape index (κ3) is 2.04. The molecule has 0 bridgehead atoms. The predicted molar refractivity (Wildman–Crippen MR) is 73.3 cm³/mol. The molecule has 6 heteroatoms. The summed E-state index contributed by atoms with van der Waals surface area (Å²) >= 11 is 0. The van der Waals surface area contributed by atoms with Crippen molar-refractivity contribution in [1.82, 2.24) is 20.0 Å². The van der Waals surface area contributed by atoms with Gasteiger partial charge in [0.15, 0.2) is 0 Å². The van der Waals surface area contributed by atoms with Crippen molar-refractivity contribution in [3.05, 3.63) is 30.6 Å². The van der Waals surface area contributed by atoms with Gasteiger partial charge in [0.1, 0.15) is 17.5 Å². The van der Waals surface area contributed by atoms with Crippen LogP contribution in [0.1, 0.15) is 0 Å². The summed E-state index contributed by atoms with van der Waals surface area (Å²) in [7, 11) is 1.67. The molecule has 0 radical (unpaired) electrons. The van der Waals surface area contributed by atoms with E-state index in [0.29, 0.717) is 6.54 Å². The van der Waals surface area contributed by atoms with Gasteiger partial charge >= 0.3 is 0 Å². The van der Waals surface area contributed by atoms with E-state index < -0.39 is 0 Å². The fourth-order valence-electron chi connectivity index (χ4n) is 2.55. The lowest BCUT2D eigenvalue weighted by Crippen LogP contribution is -2.58. The lowest BCUT2D eigenvalue weighted by molar-refractivity contribution is -0.122. The van der Waals surface area contributed by atoms with Gasteiger partial charge < -0.3 is 15.5 Å². The summed E-state index contributed by atoms with van der Waals surface area (Å²) in [6, 6.07) is 5.77. The Morgan fingerprint density at radius 3 is 3.26 bits per heavy atom. The average molecular weight is 259 g/mol. The van der Waals surface area contributed by atoms with Gasteiger partial charge in [0.2, 0.25) is 5.91 Å². The molecule has 1 amide bonds. The van der Waals surface area contributed by atoms with Crippen molar-refractivity contribution in [2.75, 3.05) is 31.6 Å². The first-order valence-corrected chi connectivity index (χ1v) is 6.42. The van der Waals surface area contributed by atoms with Crippen LogP contribution < -0.4 is 15.5 Å². The fraction of sp³-hybridized carbons (Fsp3) is 0.385. The minimum Gasteiger partial charge on any atom is -0.357 e. The van der Waals surface area contributed by atoms with E-state index in [4.69, 9.17) is 0 Å². The van der Waals surface area contributed by atoms with E-state index in [9.17, 15) is 4.79 Å². The number of imidazole rings is 1. The summed E-state index contributed by atoms with van der Waals surface area (Å²) in [4.78, 5) is 18.4. The number of likely N-dealkylation sites (N-methyl/N-ethyl adjacent to an activating group) is 1. The number of anilines is 1. The molecule has 1 aliphatic rings. The van der Waals surface area contributed by atoms with Crippen molar-refractivity contribution in [3.63, 3.8) is 0 Å². The number of fused-ring (bicyclic) bond motifs is 1. The molecule has 1 atom stereocenters.